The van der Waals surface area contributed by atoms with E-state index in [1.165, 1.54) is 0 Å². The molecule has 1 aliphatic heterocycles. The second kappa shape index (κ2) is 6.95. The first-order valence-corrected chi connectivity index (χ1v) is 8.58. The highest BCUT2D eigenvalue weighted by atomic mass is 16.5. The lowest BCUT2D eigenvalue weighted by Crippen LogP contribution is -2.26. The van der Waals surface area contributed by atoms with E-state index < -0.39 is 0 Å². The highest BCUT2D eigenvalue weighted by molar-refractivity contribution is 6.00. The Bertz CT molecular complexity index is 997. The number of H-pyrrole nitrogens is 1. The number of anilines is 1. The van der Waals surface area contributed by atoms with Crippen LogP contribution in [0.15, 0.2) is 54.6 Å². The van der Waals surface area contributed by atoms with Crippen molar-refractivity contribution in [1.82, 2.24) is 15.5 Å². The standard InChI is InChI=1S/C20H18N4O3/c1-21-20(26)18-17-15(11-16(25)22-19(17)24-23-18)12-6-5-9-14(10-12)27-13-7-3-2-4-8-13/h2-10,15H,11H2,1H3,(H,21,26)(H2,22,23,24,25). The van der Waals surface area contributed by atoms with Crippen molar-refractivity contribution in [2.75, 3.05) is 12.4 Å². The fourth-order valence-corrected chi connectivity index (χ4v) is 3.26. The van der Waals surface area contributed by atoms with Crippen molar-refractivity contribution in [3.63, 3.8) is 0 Å². The van der Waals surface area contributed by atoms with Gasteiger partial charge in [-0.05, 0) is 29.8 Å². The minimum Gasteiger partial charge on any atom is -0.457 e. The molecule has 1 unspecified atom stereocenters. The maximum absolute atomic E-state index is 12.2. The van der Waals surface area contributed by atoms with Crippen LogP contribution in [0.1, 0.15) is 34.0 Å². The van der Waals surface area contributed by atoms with Gasteiger partial charge in [-0.15, -0.1) is 0 Å². The lowest BCUT2D eigenvalue weighted by Gasteiger charge is -2.23. The molecule has 0 bridgehead atoms. The Hall–Kier alpha value is -3.61. The van der Waals surface area contributed by atoms with Gasteiger partial charge in [-0.25, -0.2) is 0 Å². The minimum atomic E-state index is -0.292. The molecule has 0 saturated carbocycles. The molecule has 0 aliphatic carbocycles. The second-order valence-electron chi connectivity index (χ2n) is 6.23. The summed E-state index contributed by atoms with van der Waals surface area (Å²) in [6.45, 7) is 0. The van der Waals surface area contributed by atoms with E-state index in [1.807, 2.05) is 54.6 Å². The summed E-state index contributed by atoms with van der Waals surface area (Å²) in [5.74, 6) is 1.07. The van der Waals surface area contributed by atoms with E-state index in [2.05, 4.69) is 20.8 Å². The Morgan fingerprint density at radius 3 is 2.70 bits per heavy atom. The van der Waals surface area contributed by atoms with Crippen LogP contribution in [-0.4, -0.2) is 29.1 Å². The number of hydrogen-bond acceptors (Lipinski definition) is 4. The van der Waals surface area contributed by atoms with Crippen LogP contribution in [0, 0.1) is 0 Å². The lowest BCUT2D eigenvalue weighted by atomic mass is 9.85. The van der Waals surface area contributed by atoms with E-state index in [4.69, 9.17) is 4.74 Å². The highest BCUT2D eigenvalue weighted by Crippen LogP contribution is 2.39. The third-order valence-electron chi connectivity index (χ3n) is 4.49. The number of hydrogen-bond donors (Lipinski definition) is 3. The number of aromatic amines is 1. The molecule has 3 N–H and O–H groups in total. The number of nitrogens with zero attached hydrogens (tertiary/aromatic N) is 1. The Balaban J connectivity index is 1.72. The molecule has 0 radical (unpaired) electrons. The van der Waals surface area contributed by atoms with Gasteiger partial charge in [0, 0.05) is 24.9 Å². The summed E-state index contributed by atoms with van der Waals surface area (Å²) in [5, 5.41) is 12.1. The SMILES string of the molecule is CNC(=O)c1[nH]nc2c1C(c1cccc(Oc3ccccc3)c1)CC(=O)N2. The Labute approximate surface area is 155 Å². The maximum Gasteiger partial charge on any atom is 0.269 e. The molecule has 3 aromatic rings. The first-order chi connectivity index (χ1) is 13.2. The van der Waals surface area contributed by atoms with Crippen molar-refractivity contribution in [1.29, 1.82) is 0 Å². The number of carbonyl (C=O) groups excluding carboxylic acids is 2. The Kier molecular flexibility index (Phi) is 4.33. The topological polar surface area (TPSA) is 96.1 Å². The van der Waals surface area contributed by atoms with Gasteiger partial charge in [0.05, 0.1) is 0 Å². The highest BCUT2D eigenvalue weighted by Gasteiger charge is 2.33. The van der Waals surface area contributed by atoms with E-state index in [0.29, 0.717) is 22.8 Å². The zero-order valence-electron chi connectivity index (χ0n) is 14.7. The number of carbonyl (C=O) groups is 2. The molecule has 0 spiro atoms. The van der Waals surface area contributed by atoms with Crippen LogP contribution in [0.2, 0.25) is 0 Å². The third-order valence-corrected chi connectivity index (χ3v) is 4.49. The molecule has 2 aromatic carbocycles. The van der Waals surface area contributed by atoms with Gasteiger partial charge in [0.15, 0.2) is 5.82 Å². The van der Waals surface area contributed by atoms with Gasteiger partial charge in [-0.1, -0.05) is 30.3 Å². The van der Waals surface area contributed by atoms with Gasteiger partial charge in [0.2, 0.25) is 5.91 Å². The van der Waals surface area contributed by atoms with Gasteiger partial charge in [-0.2, -0.15) is 5.10 Å². The number of benzene rings is 2. The Morgan fingerprint density at radius 2 is 1.93 bits per heavy atom. The summed E-state index contributed by atoms with van der Waals surface area (Å²) >= 11 is 0. The molecule has 2 heterocycles. The van der Waals surface area contributed by atoms with Gasteiger partial charge in [0.25, 0.3) is 5.91 Å². The molecule has 1 aliphatic rings. The van der Waals surface area contributed by atoms with Gasteiger partial charge in [-0.3, -0.25) is 14.7 Å². The molecule has 2 amide bonds. The number of nitrogens with one attached hydrogen (secondary N) is 3. The van der Waals surface area contributed by atoms with Crippen molar-refractivity contribution < 1.29 is 14.3 Å². The molecule has 7 nitrogen and oxygen atoms in total. The first-order valence-electron chi connectivity index (χ1n) is 8.58. The lowest BCUT2D eigenvalue weighted by molar-refractivity contribution is -0.116. The molecule has 0 saturated heterocycles. The van der Waals surface area contributed by atoms with E-state index in [0.717, 1.165) is 11.3 Å². The fourth-order valence-electron chi connectivity index (χ4n) is 3.26. The van der Waals surface area contributed by atoms with Crippen LogP contribution in [-0.2, 0) is 4.79 Å². The molecule has 7 heteroatoms. The summed E-state index contributed by atoms with van der Waals surface area (Å²) in [5.41, 5.74) is 1.92. The number of aromatic nitrogens is 2. The number of rotatable bonds is 4. The predicted molar refractivity (Wildman–Crippen MR) is 100 cm³/mol. The van der Waals surface area contributed by atoms with Crippen LogP contribution in [0.4, 0.5) is 5.82 Å². The zero-order valence-corrected chi connectivity index (χ0v) is 14.7. The van der Waals surface area contributed by atoms with Gasteiger partial charge < -0.3 is 15.4 Å². The molecular weight excluding hydrogens is 344 g/mol. The third kappa shape index (κ3) is 3.27. The second-order valence-corrected chi connectivity index (χ2v) is 6.23. The molecule has 0 fully saturated rings. The average molecular weight is 362 g/mol. The minimum absolute atomic E-state index is 0.142. The Morgan fingerprint density at radius 1 is 1.15 bits per heavy atom. The van der Waals surface area contributed by atoms with Crippen molar-refractivity contribution >= 4 is 17.6 Å². The van der Waals surface area contributed by atoms with Crippen molar-refractivity contribution in [2.24, 2.45) is 0 Å². The largest absolute Gasteiger partial charge is 0.457 e. The molecule has 136 valence electrons. The molecule has 27 heavy (non-hydrogen) atoms. The predicted octanol–water partition coefficient (Wildman–Crippen LogP) is 3.04. The molecule has 1 aromatic heterocycles. The van der Waals surface area contributed by atoms with Gasteiger partial charge in [0.1, 0.15) is 17.2 Å². The van der Waals surface area contributed by atoms with Crippen LogP contribution < -0.4 is 15.4 Å². The number of amides is 2. The fraction of sp³-hybridized carbons (Fsp3) is 0.150. The molecular formula is C20H18N4O3. The van der Waals surface area contributed by atoms with Crippen molar-refractivity contribution in [2.45, 2.75) is 12.3 Å². The zero-order chi connectivity index (χ0) is 18.8. The van der Waals surface area contributed by atoms with E-state index in [1.54, 1.807) is 7.05 Å². The monoisotopic (exact) mass is 362 g/mol. The van der Waals surface area contributed by atoms with Crippen molar-refractivity contribution in [3.8, 4) is 11.5 Å². The average Bonchev–Trinajstić information content (AvgIpc) is 3.11. The molecule has 1 atom stereocenters. The van der Waals surface area contributed by atoms with E-state index in [-0.39, 0.29) is 24.2 Å². The van der Waals surface area contributed by atoms with E-state index in [9.17, 15) is 9.59 Å². The van der Waals surface area contributed by atoms with Gasteiger partial charge >= 0.3 is 0 Å². The quantitative estimate of drug-likeness (QED) is 0.665. The molecule has 4 rings (SSSR count). The van der Waals surface area contributed by atoms with Crippen LogP contribution in [0.25, 0.3) is 0 Å². The summed E-state index contributed by atoms with van der Waals surface area (Å²) in [4.78, 5) is 24.3. The normalized spacial score (nSPS) is 15.6. The van der Waals surface area contributed by atoms with Crippen LogP contribution in [0.5, 0.6) is 11.5 Å². The van der Waals surface area contributed by atoms with Crippen LogP contribution in [0.3, 0.4) is 0 Å². The number of fused-ring (bicyclic) bond motifs is 1. The number of ether oxygens (including phenoxy) is 1. The van der Waals surface area contributed by atoms with Crippen LogP contribution >= 0.6 is 0 Å². The van der Waals surface area contributed by atoms with Crippen molar-refractivity contribution in [3.05, 3.63) is 71.4 Å². The maximum atomic E-state index is 12.2. The number of para-hydroxylation sites is 1. The summed E-state index contributed by atoms with van der Waals surface area (Å²) in [6, 6.07) is 17.0. The summed E-state index contributed by atoms with van der Waals surface area (Å²) < 4.78 is 5.90. The summed E-state index contributed by atoms with van der Waals surface area (Å²) in [6.07, 6.45) is 0.227. The van der Waals surface area contributed by atoms with E-state index >= 15 is 0 Å². The summed E-state index contributed by atoms with van der Waals surface area (Å²) in [7, 11) is 1.56. The smallest absolute Gasteiger partial charge is 0.269 e. The first kappa shape index (κ1) is 16.8.